The molecule has 2 aromatic rings. The van der Waals surface area contributed by atoms with Crippen LogP contribution in [-0.4, -0.2) is 29.4 Å². The van der Waals surface area contributed by atoms with Crippen LogP contribution in [0.1, 0.15) is 41.5 Å². The minimum atomic E-state index is -4.62. The highest BCUT2D eigenvalue weighted by atomic mass is 35.5. The summed E-state index contributed by atoms with van der Waals surface area (Å²) in [7, 11) is 0. The van der Waals surface area contributed by atoms with Crippen LogP contribution in [0.3, 0.4) is 0 Å². The number of nitrogens with zero attached hydrogens (tertiary/aromatic N) is 1. The minimum absolute atomic E-state index is 0.0439. The van der Waals surface area contributed by atoms with Gasteiger partial charge in [0.05, 0.1) is 11.5 Å². The second-order valence-electron chi connectivity index (χ2n) is 6.68. The molecule has 2 aromatic carbocycles. The van der Waals surface area contributed by atoms with Gasteiger partial charge in [-0.15, -0.1) is 11.6 Å². The fourth-order valence-electron chi connectivity index (χ4n) is 3.51. The molecule has 2 atom stereocenters. The second kappa shape index (κ2) is 8.86. The lowest BCUT2D eigenvalue weighted by Gasteiger charge is -2.27. The first-order valence-corrected chi connectivity index (χ1v) is 9.65. The first-order chi connectivity index (χ1) is 13.8. The molecule has 0 aromatic heterocycles. The van der Waals surface area contributed by atoms with Crippen LogP contribution in [0, 0.1) is 0 Å². The van der Waals surface area contributed by atoms with Crippen molar-refractivity contribution < 1.29 is 27.5 Å². The van der Waals surface area contributed by atoms with E-state index in [2.05, 4.69) is 0 Å². The summed E-state index contributed by atoms with van der Waals surface area (Å²) in [5.74, 6) is -1.70. The van der Waals surface area contributed by atoms with Gasteiger partial charge in [-0.05, 0) is 30.0 Å². The Bertz CT molecular complexity index is 873. The maximum atomic E-state index is 13.5. The Morgan fingerprint density at radius 3 is 2.45 bits per heavy atom. The molecule has 0 unspecified atom stereocenters. The van der Waals surface area contributed by atoms with Crippen molar-refractivity contribution in [1.29, 1.82) is 0 Å². The summed E-state index contributed by atoms with van der Waals surface area (Å²) in [6, 6.07) is 13.0. The van der Waals surface area contributed by atoms with E-state index in [1.54, 1.807) is 30.3 Å². The second-order valence-corrected chi connectivity index (χ2v) is 7.06. The largest absolute Gasteiger partial charge is 0.446 e. The Kier molecular flexibility index (Phi) is 6.47. The third kappa shape index (κ3) is 4.56. The van der Waals surface area contributed by atoms with E-state index >= 15 is 0 Å². The van der Waals surface area contributed by atoms with Crippen LogP contribution < -0.4 is 0 Å². The van der Waals surface area contributed by atoms with Gasteiger partial charge in [-0.25, -0.2) is 9.69 Å². The van der Waals surface area contributed by atoms with Crippen molar-refractivity contribution in [2.45, 2.75) is 31.0 Å². The fourth-order valence-corrected chi connectivity index (χ4v) is 3.66. The van der Waals surface area contributed by atoms with Crippen molar-refractivity contribution in [1.82, 2.24) is 4.90 Å². The van der Waals surface area contributed by atoms with E-state index in [0.29, 0.717) is 12.0 Å². The number of carbonyl (C=O) groups is 2. The zero-order valence-electron chi connectivity index (χ0n) is 15.4. The molecule has 0 radical (unpaired) electrons. The monoisotopic (exact) mass is 425 g/mol. The standard InChI is InChI=1S/C21H19ClF3NO3/c22-12-6-10-16(15-9-4-5-11-17(15)21(23,24)25)19(27)26-18(13-29-20(26)28)14-7-2-1-3-8-14/h1-5,7-9,11,16,18H,6,10,12-13H2/t16-,18+/m0/s1. The van der Waals surface area contributed by atoms with Crippen LogP contribution in [0.5, 0.6) is 0 Å². The summed E-state index contributed by atoms with van der Waals surface area (Å²) in [5, 5.41) is 0. The zero-order chi connectivity index (χ0) is 21.0. The number of halogens is 4. The van der Waals surface area contributed by atoms with Gasteiger partial charge in [-0.1, -0.05) is 48.5 Å². The molecule has 0 spiro atoms. The predicted octanol–water partition coefficient (Wildman–Crippen LogP) is 5.53. The van der Waals surface area contributed by atoms with Crippen molar-refractivity contribution in [3.8, 4) is 0 Å². The molecule has 1 saturated heterocycles. The van der Waals surface area contributed by atoms with Crippen LogP contribution in [0.4, 0.5) is 18.0 Å². The number of ether oxygens (including phenoxy) is 1. The summed E-state index contributed by atoms with van der Waals surface area (Å²) in [4.78, 5) is 26.6. The molecule has 1 heterocycles. The van der Waals surface area contributed by atoms with Crippen molar-refractivity contribution in [2.24, 2.45) is 0 Å². The molecule has 1 aliphatic heterocycles. The molecule has 3 rings (SSSR count). The molecule has 1 fully saturated rings. The van der Waals surface area contributed by atoms with Crippen LogP contribution in [0.25, 0.3) is 0 Å². The van der Waals surface area contributed by atoms with E-state index < -0.39 is 35.7 Å². The van der Waals surface area contributed by atoms with Crippen molar-refractivity contribution in [3.05, 3.63) is 71.3 Å². The van der Waals surface area contributed by atoms with Crippen LogP contribution >= 0.6 is 11.6 Å². The lowest BCUT2D eigenvalue weighted by Crippen LogP contribution is -2.38. The molecule has 29 heavy (non-hydrogen) atoms. The molecule has 0 N–H and O–H groups in total. The number of rotatable bonds is 6. The van der Waals surface area contributed by atoms with E-state index in [9.17, 15) is 22.8 Å². The zero-order valence-corrected chi connectivity index (χ0v) is 16.1. The van der Waals surface area contributed by atoms with E-state index in [0.717, 1.165) is 11.0 Å². The summed E-state index contributed by atoms with van der Waals surface area (Å²) in [5.41, 5.74) is -0.384. The van der Waals surface area contributed by atoms with Gasteiger partial charge in [0.25, 0.3) is 0 Å². The van der Waals surface area contributed by atoms with Crippen LogP contribution in [-0.2, 0) is 15.7 Å². The summed E-state index contributed by atoms with van der Waals surface area (Å²) in [6.45, 7) is -0.0439. The maximum Gasteiger partial charge on any atom is 0.417 e. The lowest BCUT2D eigenvalue weighted by atomic mass is 9.88. The molecule has 4 nitrogen and oxygen atoms in total. The maximum absolute atomic E-state index is 13.5. The highest BCUT2D eigenvalue weighted by Crippen LogP contribution is 2.39. The lowest BCUT2D eigenvalue weighted by molar-refractivity contribution is -0.139. The average molecular weight is 426 g/mol. The molecule has 154 valence electrons. The normalized spacial score (nSPS) is 17.9. The summed E-state index contributed by atoms with van der Waals surface area (Å²) < 4.78 is 45.7. The quantitative estimate of drug-likeness (QED) is 0.572. The predicted molar refractivity (Wildman–Crippen MR) is 102 cm³/mol. The number of cyclic esters (lactones) is 1. The highest BCUT2D eigenvalue weighted by Gasteiger charge is 2.44. The smallest absolute Gasteiger partial charge is 0.417 e. The van der Waals surface area contributed by atoms with Crippen molar-refractivity contribution in [3.63, 3.8) is 0 Å². The third-order valence-electron chi connectivity index (χ3n) is 4.86. The van der Waals surface area contributed by atoms with Gasteiger partial charge in [0, 0.05) is 5.88 Å². The first-order valence-electron chi connectivity index (χ1n) is 9.11. The van der Waals surface area contributed by atoms with Gasteiger partial charge in [0.15, 0.2) is 0 Å². The van der Waals surface area contributed by atoms with Gasteiger partial charge in [-0.2, -0.15) is 13.2 Å². The molecule has 0 saturated carbocycles. The Hall–Kier alpha value is -2.54. The van der Waals surface area contributed by atoms with Crippen molar-refractivity contribution in [2.75, 3.05) is 12.5 Å². The van der Waals surface area contributed by atoms with E-state index in [4.69, 9.17) is 16.3 Å². The number of amides is 2. The molecule has 1 aliphatic rings. The first kappa shape index (κ1) is 21.2. The Morgan fingerprint density at radius 2 is 1.79 bits per heavy atom. The van der Waals surface area contributed by atoms with Crippen LogP contribution in [0.15, 0.2) is 54.6 Å². The van der Waals surface area contributed by atoms with Gasteiger partial charge in [0.1, 0.15) is 12.6 Å². The number of alkyl halides is 4. The fraction of sp³-hybridized carbons (Fsp3) is 0.333. The molecule has 8 heteroatoms. The third-order valence-corrected chi connectivity index (χ3v) is 5.13. The van der Waals surface area contributed by atoms with E-state index in [1.807, 2.05) is 0 Å². The Balaban J connectivity index is 2.01. The molecular weight excluding hydrogens is 407 g/mol. The number of hydrogen-bond acceptors (Lipinski definition) is 3. The van der Waals surface area contributed by atoms with Gasteiger partial charge in [-0.3, -0.25) is 4.79 Å². The molecule has 0 aliphatic carbocycles. The summed E-state index contributed by atoms with van der Waals surface area (Å²) in [6.07, 6.45) is -5.08. The number of benzene rings is 2. The highest BCUT2D eigenvalue weighted by molar-refractivity contribution is 6.17. The number of hydrogen-bond donors (Lipinski definition) is 0. The average Bonchev–Trinajstić information content (AvgIpc) is 3.10. The molecule has 2 amide bonds. The molecule has 0 bridgehead atoms. The van der Waals surface area contributed by atoms with Crippen molar-refractivity contribution >= 4 is 23.6 Å². The molecular formula is C21H19ClF3NO3. The summed E-state index contributed by atoms with van der Waals surface area (Å²) >= 11 is 5.74. The SMILES string of the molecule is O=C1OC[C@H](c2ccccc2)N1C(=O)[C@@H](CCCCl)c1ccccc1C(F)(F)F. The number of carbonyl (C=O) groups excluding carboxylic acids is 2. The minimum Gasteiger partial charge on any atom is -0.446 e. The van der Waals surface area contributed by atoms with Gasteiger partial charge in [0.2, 0.25) is 5.91 Å². The topological polar surface area (TPSA) is 46.6 Å². The van der Waals surface area contributed by atoms with Gasteiger partial charge < -0.3 is 4.74 Å². The van der Waals surface area contributed by atoms with E-state index in [1.165, 1.54) is 18.2 Å². The van der Waals surface area contributed by atoms with E-state index in [-0.39, 0.29) is 24.5 Å². The number of imide groups is 1. The Labute approximate surface area is 171 Å². The van der Waals surface area contributed by atoms with Gasteiger partial charge >= 0.3 is 12.3 Å². The van der Waals surface area contributed by atoms with Crippen LogP contribution in [0.2, 0.25) is 0 Å². The Morgan fingerprint density at radius 1 is 1.14 bits per heavy atom.